The molecule has 0 unspecified atom stereocenters. The molecule has 0 amide bonds. The van der Waals surface area contributed by atoms with Crippen molar-refractivity contribution in [3.05, 3.63) is 54.3 Å². The van der Waals surface area contributed by atoms with E-state index in [1.807, 2.05) is 24.3 Å². The summed E-state index contributed by atoms with van der Waals surface area (Å²) in [4.78, 5) is 0. The number of hydrogen-bond donors (Lipinski definition) is 2. The van der Waals surface area contributed by atoms with Crippen LogP contribution in [-0.4, -0.2) is 10.2 Å². The summed E-state index contributed by atoms with van der Waals surface area (Å²) in [7, 11) is 0. The molecule has 0 radical (unpaired) electrons. The summed E-state index contributed by atoms with van der Waals surface area (Å²) in [5.41, 5.74) is 4.84. The molecule has 98 valence electrons. The van der Waals surface area contributed by atoms with E-state index < -0.39 is 0 Å². The molecule has 2 rings (SSSR count). The van der Waals surface area contributed by atoms with E-state index in [0.29, 0.717) is 11.0 Å². The van der Waals surface area contributed by atoms with Crippen molar-refractivity contribution in [1.29, 1.82) is 0 Å². The van der Waals surface area contributed by atoms with Gasteiger partial charge in [-0.05, 0) is 18.1 Å². The zero-order valence-corrected chi connectivity index (χ0v) is 11.6. The molecule has 1 heterocycles. The van der Waals surface area contributed by atoms with Crippen molar-refractivity contribution in [2.75, 3.05) is 10.6 Å². The van der Waals surface area contributed by atoms with Crippen LogP contribution in [0.15, 0.2) is 48.8 Å². The molecule has 0 bridgehead atoms. The molecule has 0 atom stereocenters. The van der Waals surface area contributed by atoms with Gasteiger partial charge in [-0.2, -0.15) is 0 Å². The number of anilines is 2. The van der Waals surface area contributed by atoms with Crippen LogP contribution in [0.4, 0.5) is 10.8 Å². The minimum atomic E-state index is 0.660. The number of aromatic nitrogens is 2. The van der Waals surface area contributed by atoms with E-state index in [4.69, 9.17) is 0 Å². The van der Waals surface area contributed by atoms with Crippen LogP contribution in [0.3, 0.4) is 0 Å². The average molecular weight is 272 g/mol. The van der Waals surface area contributed by atoms with Crippen LogP contribution in [0.2, 0.25) is 0 Å². The monoisotopic (exact) mass is 272 g/mol. The lowest BCUT2D eigenvalue weighted by atomic mass is 10.0. The Hall–Kier alpha value is -2.14. The molecule has 1 aromatic carbocycles. The largest absolute Gasteiger partial charge is 0.342 e. The fourth-order valence-corrected chi connectivity index (χ4v) is 2.11. The van der Waals surface area contributed by atoms with Crippen molar-refractivity contribution in [1.82, 2.24) is 10.2 Å². The molecule has 0 spiro atoms. The molecule has 0 saturated heterocycles. The first-order chi connectivity index (χ1) is 9.20. The SMILES string of the molecule is C=C(Nc1nncs1)Nc1ccccc1C(=C)CC. The van der Waals surface area contributed by atoms with Gasteiger partial charge in [0.1, 0.15) is 11.3 Å². The normalized spacial score (nSPS) is 9.95. The van der Waals surface area contributed by atoms with E-state index in [2.05, 4.69) is 40.9 Å². The smallest absolute Gasteiger partial charge is 0.210 e. The first-order valence-electron chi connectivity index (χ1n) is 5.97. The highest BCUT2D eigenvalue weighted by atomic mass is 32.1. The Morgan fingerprint density at radius 2 is 2.05 bits per heavy atom. The minimum absolute atomic E-state index is 0.660. The quantitative estimate of drug-likeness (QED) is 0.835. The fraction of sp³-hybridized carbons (Fsp3) is 0.143. The highest BCUT2D eigenvalue weighted by molar-refractivity contribution is 7.13. The summed E-state index contributed by atoms with van der Waals surface area (Å²) >= 11 is 1.43. The molecule has 2 N–H and O–H groups in total. The Morgan fingerprint density at radius 3 is 2.74 bits per heavy atom. The molecule has 0 aliphatic rings. The zero-order valence-electron chi connectivity index (χ0n) is 10.8. The average Bonchev–Trinajstić information content (AvgIpc) is 2.91. The van der Waals surface area contributed by atoms with E-state index in [0.717, 1.165) is 23.2 Å². The Labute approximate surface area is 116 Å². The van der Waals surface area contributed by atoms with E-state index in [1.54, 1.807) is 5.51 Å². The highest BCUT2D eigenvalue weighted by Gasteiger charge is 2.05. The molecule has 1 aromatic heterocycles. The lowest BCUT2D eigenvalue weighted by Gasteiger charge is -2.14. The van der Waals surface area contributed by atoms with Gasteiger partial charge in [-0.25, -0.2) is 0 Å². The maximum absolute atomic E-state index is 4.08. The van der Waals surface area contributed by atoms with Crippen LogP contribution >= 0.6 is 11.3 Å². The summed E-state index contributed by atoms with van der Waals surface area (Å²) in [5.74, 6) is 0.660. The van der Waals surface area contributed by atoms with Crippen LogP contribution in [0, 0.1) is 0 Å². The van der Waals surface area contributed by atoms with E-state index in [-0.39, 0.29) is 0 Å². The first kappa shape index (κ1) is 13.3. The van der Waals surface area contributed by atoms with Crippen LogP contribution in [0.5, 0.6) is 0 Å². The third-order valence-corrected chi connectivity index (χ3v) is 3.24. The lowest BCUT2D eigenvalue weighted by Crippen LogP contribution is -2.09. The van der Waals surface area contributed by atoms with Crippen molar-refractivity contribution in [2.45, 2.75) is 13.3 Å². The standard InChI is InChI=1S/C14H16N4S/c1-4-10(2)12-7-5-6-8-13(12)16-11(3)17-14-18-15-9-19-14/h5-9,16H,2-4H2,1H3,(H,17,18). The number of benzene rings is 1. The summed E-state index contributed by atoms with van der Waals surface area (Å²) in [6, 6.07) is 8.03. The van der Waals surface area contributed by atoms with Gasteiger partial charge in [-0.15, -0.1) is 10.2 Å². The van der Waals surface area contributed by atoms with E-state index >= 15 is 0 Å². The first-order valence-corrected chi connectivity index (χ1v) is 6.85. The second-order valence-corrected chi connectivity index (χ2v) is 4.81. The Balaban J connectivity index is 2.10. The number of nitrogens with one attached hydrogen (secondary N) is 2. The van der Waals surface area contributed by atoms with Crippen molar-refractivity contribution in [3.8, 4) is 0 Å². The predicted molar refractivity (Wildman–Crippen MR) is 82.1 cm³/mol. The molecule has 2 aromatic rings. The Bertz CT molecular complexity index is 575. The van der Waals surface area contributed by atoms with Gasteiger partial charge in [0.2, 0.25) is 5.13 Å². The second-order valence-electron chi connectivity index (χ2n) is 3.98. The lowest BCUT2D eigenvalue weighted by molar-refractivity contribution is 1.09. The van der Waals surface area contributed by atoms with Gasteiger partial charge in [-0.1, -0.05) is 49.6 Å². The minimum Gasteiger partial charge on any atom is -0.342 e. The summed E-state index contributed by atoms with van der Waals surface area (Å²) < 4.78 is 0. The van der Waals surface area contributed by atoms with Crippen molar-refractivity contribution in [3.63, 3.8) is 0 Å². The summed E-state index contributed by atoms with van der Waals surface area (Å²) in [6.07, 6.45) is 0.912. The molecule has 4 nitrogen and oxygen atoms in total. The van der Waals surface area contributed by atoms with Crippen molar-refractivity contribution >= 4 is 27.7 Å². The van der Waals surface area contributed by atoms with Gasteiger partial charge >= 0.3 is 0 Å². The maximum atomic E-state index is 4.08. The molecular weight excluding hydrogens is 256 g/mol. The number of hydrogen-bond acceptors (Lipinski definition) is 5. The fourth-order valence-electron chi connectivity index (χ4n) is 1.64. The molecular formula is C14H16N4S. The molecule has 0 aliphatic carbocycles. The van der Waals surface area contributed by atoms with Gasteiger partial charge in [0.15, 0.2) is 0 Å². The van der Waals surface area contributed by atoms with Gasteiger partial charge in [0.05, 0.1) is 0 Å². The Kier molecular flexibility index (Phi) is 4.30. The molecule has 5 heteroatoms. The number of para-hydroxylation sites is 1. The molecule has 0 fully saturated rings. The van der Waals surface area contributed by atoms with Gasteiger partial charge in [0.25, 0.3) is 0 Å². The zero-order chi connectivity index (χ0) is 13.7. The number of rotatable bonds is 6. The third kappa shape index (κ3) is 3.42. The summed E-state index contributed by atoms with van der Waals surface area (Å²) in [5, 5.41) is 14.7. The van der Waals surface area contributed by atoms with E-state index in [1.165, 1.54) is 11.3 Å². The van der Waals surface area contributed by atoms with Gasteiger partial charge < -0.3 is 10.6 Å². The second kappa shape index (κ2) is 6.15. The summed E-state index contributed by atoms with van der Waals surface area (Å²) in [6.45, 7) is 10.1. The Morgan fingerprint density at radius 1 is 1.26 bits per heavy atom. The topological polar surface area (TPSA) is 49.8 Å². The van der Waals surface area contributed by atoms with Crippen molar-refractivity contribution < 1.29 is 0 Å². The molecule has 0 aliphatic heterocycles. The molecule has 0 saturated carbocycles. The maximum Gasteiger partial charge on any atom is 0.210 e. The van der Waals surface area contributed by atoms with Crippen LogP contribution in [0.1, 0.15) is 18.9 Å². The third-order valence-electron chi connectivity index (χ3n) is 2.64. The van der Waals surface area contributed by atoms with Crippen LogP contribution < -0.4 is 10.6 Å². The van der Waals surface area contributed by atoms with Crippen LogP contribution in [0.25, 0.3) is 5.57 Å². The predicted octanol–water partition coefficient (Wildman–Crippen LogP) is 3.96. The van der Waals surface area contributed by atoms with Gasteiger partial charge in [0, 0.05) is 11.3 Å². The molecule has 19 heavy (non-hydrogen) atoms. The number of allylic oxidation sites excluding steroid dienone is 1. The van der Waals surface area contributed by atoms with Crippen LogP contribution in [-0.2, 0) is 0 Å². The van der Waals surface area contributed by atoms with Crippen molar-refractivity contribution in [2.24, 2.45) is 0 Å². The highest BCUT2D eigenvalue weighted by Crippen LogP contribution is 2.25. The van der Waals surface area contributed by atoms with E-state index in [9.17, 15) is 0 Å². The van der Waals surface area contributed by atoms with Gasteiger partial charge in [-0.3, -0.25) is 0 Å². The number of nitrogens with zero attached hydrogens (tertiary/aromatic N) is 2.